The van der Waals surface area contributed by atoms with Gasteiger partial charge in [0.15, 0.2) is 0 Å². The maximum atomic E-state index is 9.46. The van der Waals surface area contributed by atoms with E-state index in [-0.39, 0.29) is 0 Å². The summed E-state index contributed by atoms with van der Waals surface area (Å²) >= 11 is 0. The van der Waals surface area contributed by atoms with Crippen LogP contribution in [0.1, 0.15) is 11.1 Å². The average molecular weight is 648 g/mol. The normalized spacial score (nSPS) is 11.1. The Kier molecular flexibility index (Phi) is 7.24. The molecule has 0 N–H and O–H groups in total. The molecule has 1 aliphatic carbocycles. The molecule has 236 valence electrons. The Bertz CT molecular complexity index is 2590. The number of hydrogen-bond donors (Lipinski definition) is 0. The van der Waals surface area contributed by atoms with E-state index >= 15 is 0 Å². The standard InChI is InChI=1S/C48H29N3/c49-30-32-16-20-34(21-17-32)37-26-38(35-22-18-33(31-50)19-23-35)29-41(28-37)51(39-9-2-1-3-10-39)40-11-6-8-36(27-40)42-24-25-47-44-13-5-4-12-43(44)46-15-7-14-45(42)48(46)47/h1-29H. The van der Waals surface area contributed by atoms with Crippen LogP contribution in [-0.4, -0.2) is 0 Å². The molecule has 8 aromatic carbocycles. The van der Waals surface area contributed by atoms with Crippen LogP contribution in [0, 0.1) is 22.7 Å². The van der Waals surface area contributed by atoms with Crippen LogP contribution < -0.4 is 4.90 Å². The predicted octanol–water partition coefficient (Wildman–Crippen LogP) is 12.7. The van der Waals surface area contributed by atoms with Gasteiger partial charge in [0.1, 0.15) is 0 Å². The van der Waals surface area contributed by atoms with E-state index in [0.717, 1.165) is 44.9 Å². The molecule has 0 aromatic heterocycles. The zero-order chi connectivity index (χ0) is 34.3. The fourth-order valence-electron chi connectivity index (χ4n) is 7.45. The summed E-state index contributed by atoms with van der Waals surface area (Å²) in [4.78, 5) is 2.31. The smallest absolute Gasteiger partial charge is 0.0991 e. The lowest BCUT2D eigenvalue weighted by Crippen LogP contribution is -2.10. The van der Waals surface area contributed by atoms with E-state index in [0.29, 0.717) is 11.1 Å². The van der Waals surface area contributed by atoms with Crippen LogP contribution in [0.15, 0.2) is 176 Å². The zero-order valence-corrected chi connectivity index (χ0v) is 27.6. The van der Waals surface area contributed by atoms with Gasteiger partial charge in [0.25, 0.3) is 0 Å². The summed E-state index contributed by atoms with van der Waals surface area (Å²) in [6.07, 6.45) is 0. The minimum absolute atomic E-state index is 0.622. The van der Waals surface area contributed by atoms with Crippen molar-refractivity contribution in [1.82, 2.24) is 0 Å². The highest BCUT2D eigenvalue weighted by molar-refractivity contribution is 6.18. The molecule has 3 heteroatoms. The second kappa shape index (κ2) is 12.4. The fourth-order valence-corrected chi connectivity index (χ4v) is 7.45. The van der Waals surface area contributed by atoms with Gasteiger partial charge in [-0.15, -0.1) is 0 Å². The SMILES string of the molecule is N#Cc1ccc(-c2cc(-c3ccc(C#N)cc3)cc(N(c3ccccc3)c3cccc(-c4ccc5c6c(cccc46)-c4ccccc4-5)c3)c2)cc1. The van der Waals surface area contributed by atoms with Crippen molar-refractivity contribution >= 4 is 27.8 Å². The van der Waals surface area contributed by atoms with Gasteiger partial charge in [-0.25, -0.2) is 0 Å². The third-order valence-electron chi connectivity index (χ3n) is 9.85. The molecule has 0 radical (unpaired) electrons. The average Bonchev–Trinajstić information content (AvgIpc) is 3.53. The molecule has 1 aliphatic rings. The highest BCUT2D eigenvalue weighted by Gasteiger charge is 2.23. The second-order valence-corrected chi connectivity index (χ2v) is 12.8. The maximum absolute atomic E-state index is 9.46. The van der Waals surface area contributed by atoms with Crippen molar-refractivity contribution in [2.75, 3.05) is 4.90 Å². The van der Waals surface area contributed by atoms with Gasteiger partial charge in [0.2, 0.25) is 0 Å². The van der Waals surface area contributed by atoms with E-state index in [9.17, 15) is 10.5 Å². The summed E-state index contributed by atoms with van der Waals surface area (Å²) in [5.74, 6) is 0. The Morgan fingerprint density at radius 1 is 0.333 bits per heavy atom. The quantitative estimate of drug-likeness (QED) is 0.180. The summed E-state index contributed by atoms with van der Waals surface area (Å²) in [7, 11) is 0. The molecule has 0 bridgehead atoms. The van der Waals surface area contributed by atoms with Crippen molar-refractivity contribution in [3.63, 3.8) is 0 Å². The molecule has 0 unspecified atom stereocenters. The van der Waals surface area contributed by atoms with Gasteiger partial charge in [-0.2, -0.15) is 10.5 Å². The van der Waals surface area contributed by atoms with Gasteiger partial charge in [-0.3, -0.25) is 0 Å². The molecule has 0 spiro atoms. The third-order valence-corrected chi connectivity index (χ3v) is 9.85. The van der Waals surface area contributed by atoms with Crippen LogP contribution in [0.3, 0.4) is 0 Å². The summed E-state index contributed by atoms with van der Waals surface area (Å²) in [6.45, 7) is 0. The molecule has 0 fully saturated rings. The third kappa shape index (κ3) is 5.22. The minimum atomic E-state index is 0.622. The summed E-state index contributed by atoms with van der Waals surface area (Å²) in [5.41, 5.74) is 15.9. The Morgan fingerprint density at radius 3 is 1.47 bits per heavy atom. The largest absolute Gasteiger partial charge is 0.310 e. The first-order chi connectivity index (χ1) is 25.2. The van der Waals surface area contributed by atoms with Gasteiger partial charge in [0.05, 0.1) is 23.3 Å². The van der Waals surface area contributed by atoms with E-state index in [1.54, 1.807) is 0 Å². The van der Waals surface area contributed by atoms with E-state index in [2.05, 4.69) is 138 Å². The maximum Gasteiger partial charge on any atom is 0.0991 e. The van der Waals surface area contributed by atoms with Crippen LogP contribution in [0.25, 0.3) is 66.4 Å². The van der Waals surface area contributed by atoms with E-state index < -0.39 is 0 Å². The Balaban J connectivity index is 1.23. The number of anilines is 3. The number of benzene rings is 8. The predicted molar refractivity (Wildman–Crippen MR) is 209 cm³/mol. The molecule has 3 nitrogen and oxygen atoms in total. The van der Waals surface area contributed by atoms with Crippen molar-refractivity contribution in [2.24, 2.45) is 0 Å². The van der Waals surface area contributed by atoms with E-state index in [1.165, 1.54) is 38.6 Å². The van der Waals surface area contributed by atoms with Crippen molar-refractivity contribution in [3.05, 3.63) is 187 Å². The number of hydrogen-bond acceptors (Lipinski definition) is 3. The first kappa shape index (κ1) is 29.9. The number of fused-ring (bicyclic) bond motifs is 3. The molecule has 0 aliphatic heterocycles. The van der Waals surface area contributed by atoms with E-state index in [1.807, 2.05) is 54.6 Å². The number of nitrogens with zero attached hydrogens (tertiary/aromatic N) is 3. The highest BCUT2D eigenvalue weighted by Crippen LogP contribution is 2.49. The highest BCUT2D eigenvalue weighted by atomic mass is 15.1. The first-order valence-corrected chi connectivity index (χ1v) is 17.0. The Hall–Kier alpha value is -7.20. The molecule has 0 atom stereocenters. The van der Waals surface area contributed by atoms with Gasteiger partial charge in [-0.05, 0) is 133 Å². The molecule has 51 heavy (non-hydrogen) atoms. The first-order valence-electron chi connectivity index (χ1n) is 17.0. The lowest BCUT2D eigenvalue weighted by molar-refractivity contribution is 1.28. The molecular formula is C48H29N3. The van der Waals surface area contributed by atoms with Crippen molar-refractivity contribution < 1.29 is 0 Å². The topological polar surface area (TPSA) is 50.8 Å². The zero-order valence-electron chi connectivity index (χ0n) is 27.6. The van der Waals surface area contributed by atoms with Gasteiger partial charge >= 0.3 is 0 Å². The molecular weight excluding hydrogens is 619 g/mol. The van der Waals surface area contributed by atoms with Crippen LogP contribution in [-0.2, 0) is 0 Å². The number of rotatable bonds is 6. The lowest BCUT2D eigenvalue weighted by Gasteiger charge is -2.27. The van der Waals surface area contributed by atoms with Crippen molar-refractivity contribution in [1.29, 1.82) is 10.5 Å². The Morgan fingerprint density at radius 2 is 0.843 bits per heavy atom. The van der Waals surface area contributed by atoms with Crippen LogP contribution in [0.2, 0.25) is 0 Å². The molecule has 0 saturated heterocycles. The second-order valence-electron chi connectivity index (χ2n) is 12.8. The van der Waals surface area contributed by atoms with E-state index in [4.69, 9.17) is 0 Å². The molecule has 0 heterocycles. The minimum Gasteiger partial charge on any atom is -0.310 e. The van der Waals surface area contributed by atoms with Crippen LogP contribution >= 0.6 is 0 Å². The van der Waals surface area contributed by atoms with Gasteiger partial charge < -0.3 is 4.90 Å². The summed E-state index contributed by atoms with van der Waals surface area (Å²) < 4.78 is 0. The number of para-hydroxylation sites is 1. The van der Waals surface area contributed by atoms with Crippen LogP contribution in [0.5, 0.6) is 0 Å². The Labute approximate surface area is 297 Å². The van der Waals surface area contributed by atoms with Gasteiger partial charge in [0, 0.05) is 17.1 Å². The van der Waals surface area contributed by atoms with Crippen molar-refractivity contribution in [3.8, 4) is 67.8 Å². The molecule has 8 aromatic rings. The molecule has 0 amide bonds. The number of nitriles is 2. The molecule has 9 rings (SSSR count). The van der Waals surface area contributed by atoms with Crippen LogP contribution in [0.4, 0.5) is 17.1 Å². The monoisotopic (exact) mass is 647 g/mol. The fraction of sp³-hybridized carbons (Fsp3) is 0. The lowest BCUT2D eigenvalue weighted by atomic mass is 9.94. The molecule has 0 saturated carbocycles. The summed E-state index contributed by atoms with van der Waals surface area (Å²) in [6, 6.07) is 65.7. The van der Waals surface area contributed by atoms with Gasteiger partial charge in [-0.1, -0.05) is 109 Å². The van der Waals surface area contributed by atoms with Crippen molar-refractivity contribution in [2.45, 2.75) is 0 Å². The summed E-state index contributed by atoms with van der Waals surface area (Å²) in [5, 5.41) is 21.5.